The van der Waals surface area contributed by atoms with E-state index in [9.17, 15) is 4.79 Å². The summed E-state index contributed by atoms with van der Waals surface area (Å²) in [4.78, 5) is 25.5. The predicted octanol–water partition coefficient (Wildman–Crippen LogP) is 4.19. The van der Waals surface area contributed by atoms with Crippen molar-refractivity contribution in [2.75, 3.05) is 12.8 Å². The van der Waals surface area contributed by atoms with E-state index in [-0.39, 0.29) is 5.91 Å². The van der Waals surface area contributed by atoms with Crippen molar-refractivity contribution in [1.82, 2.24) is 24.8 Å². The Balaban J connectivity index is 0.00000124. The number of hydrogen-bond donors (Lipinski definition) is 2. The number of nitrogen functional groups attached to an aromatic ring is 1. The smallest absolute Gasteiger partial charge is 0.269 e. The first-order valence-corrected chi connectivity index (χ1v) is 10.1. The average Bonchev–Trinajstić information content (AvgIpc) is 3.18. The van der Waals surface area contributed by atoms with Crippen molar-refractivity contribution in [3.05, 3.63) is 66.0 Å². The Kier molecular flexibility index (Phi) is 6.64. The number of anilines is 1. The van der Waals surface area contributed by atoms with E-state index in [1.165, 1.54) is 0 Å². The predicted molar refractivity (Wildman–Crippen MR) is 121 cm³/mol. The van der Waals surface area contributed by atoms with Gasteiger partial charge in [0.2, 0.25) is 0 Å². The molecule has 0 radical (unpaired) electrons. The third-order valence-corrected chi connectivity index (χ3v) is 4.70. The van der Waals surface area contributed by atoms with Crippen LogP contribution in [0.4, 0.5) is 5.82 Å². The number of alkyl halides is 1. The number of fused-ring (bicyclic) bond motifs is 1. The molecule has 0 aliphatic rings. The van der Waals surface area contributed by atoms with Gasteiger partial charge in [-0.15, -0.1) is 11.6 Å². The van der Waals surface area contributed by atoms with E-state index >= 15 is 0 Å². The van der Waals surface area contributed by atoms with Crippen LogP contribution >= 0.6 is 11.6 Å². The van der Waals surface area contributed by atoms with Gasteiger partial charge in [0.05, 0.1) is 5.56 Å². The fourth-order valence-corrected chi connectivity index (χ4v) is 3.16. The van der Waals surface area contributed by atoms with Crippen LogP contribution in [0.1, 0.15) is 29.9 Å². The van der Waals surface area contributed by atoms with E-state index in [1.54, 1.807) is 31.4 Å². The minimum absolute atomic E-state index is 0.269. The van der Waals surface area contributed by atoms with E-state index in [4.69, 9.17) is 22.3 Å². The molecule has 1 amide bonds. The van der Waals surface area contributed by atoms with Crippen molar-refractivity contribution in [3.8, 4) is 17.1 Å². The van der Waals surface area contributed by atoms with E-state index in [0.29, 0.717) is 39.9 Å². The van der Waals surface area contributed by atoms with Gasteiger partial charge >= 0.3 is 0 Å². The maximum absolute atomic E-state index is 12.1. The van der Waals surface area contributed by atoms with E-state index in [2.05, 4.69) is 15.3 Å². The summed E-state index contributed by atoms with van der Waals surface area (Å²) in [5.41, 5.74) is 10.1. The third-order valence-electron chi connectivity index (χ3n) is 4.39. The number of nitrogens with zero attached hydrogens (tertiary/aromatic N) is 4. The zero-order valence-corrected chi connectivity index (χ0v) is 17.8. The number of nitrogens with one attached hydrogen (secondary N) is 1. The first kappa shape index (κ1) is 21.3. The largest absolute Gasteiger partial charge is 0.383 e. The molecule has 30 heavy (non-hydrogen) atoms. The SMILES string of the molecule is CC.CNC(=O)c1ccc2nc(-c3cccnc3N)n(-c3ccc(CCl)cc3)c2n1. The number of nitrogens with two attached hydrogens (primary N) is 1. The van der Waals surface area contributed by atoms with Gasteiger partial charge in [-0.2, -0.15) is 0 Å². The topological polar surface area (TPSA) is 98.7 Å². The summed E-state index contributed by atoms with van der Waals surface area (Å²) >= 11 is 5.92. The zero-order chi connectivity index (χ0) is 21.7. The number of aromatic nitrogens is 4. The Morgan fingerprint density at radius 2 is 1.83 bits per heavy atom. The number of hydrogen-bond acceptors (Lipinski definition) is 5. The molecule has 7 nitrogen and oxygen atoms in total. The number of carbonyl (C=O) groups is 1. The quantitative estimate of drug-likeness (QED) is 0.480. The van der Waals surface area contributed by atoms with Gasteiger partial charge < -0.3 is 11.1 Å². The lowest BCUT2D eigenvalue weighted by molar-refractivity contribution is 0.0958. The minimum atomic E-state index is -0.269. The second-order valence-electron chi connectivity index (χ2n) is 6.13. The van der Waals surface area contributed by atoms with Gasteiger partial charge in [0.25, 0.3) is 5.91 Å². The monoisotopic (exact) mass is 422 g/mol. The molecule has 154 valence electrons. The molecule has 4 rings (SSSR count). The molecular formula is C22H23ClN6O. The summed E-state index contributed by atoms with van der Waals surface area (Å²) in [6.07, 6.45) is 1.63. The summed E-state index contributed by atoms with van der Waals surface area (Å²) in [5, 5.41) is 2.59. The number of pyridine rings is 2. The molecule has 0 saturated carbocycles. The Morgan fingerprint density at radius 1 is 1.10 bits per heavy atom. The summed E-state index contributed by atoms with van der Waals surface area (Å²) in [6.45, 7) is 4.00. The third kappa shape index (κ3) is 3.97. The number of rotatable bonds is 4. The molecule has 0 aliphatic heterocycles. The van der Waals surface area contributed by atoms with Crippen LogP contribution in [0.5, 0.6) is 0 Å². The lowest BCUT2D eigenvalue weighted by Crippen LogP contribution is -2.19. The highest BCUT2D eigenvalue weighted by molar-refractivity contribution is 6.17. The Labute approximate surface area is 179 Å². The van der Waals surface area contributed by atoms with Gasteiger partial charge in [-0.05, 0) is 42.0 Å². The maximum Gasteiger partial charge on any atom is 0.269 e. The average molecular weight is 423 g/mol. The fourth-order valence-electron chi connectivity index (χ4n) is 2.98. The van der Waals surface area contributed by atoms with Crippen LogP contribution in [-0.2, 0) is 5.88 Å². The second-order valence-corrected chi connectivity index (χ2v) is 6.39. The molecule has 1 aromatic carbocycles. The van der Waals surface area contributed by atoms with Crippen molar-refractivity contribution in [1.29, 1.82) is 0 Å². The number of benzene rings is 1. The van der Waals surface area contributed by atoms with Gasteiger partial charge in [0.1, 0.15) is 17.0 Å². The molecule has 0 atom stereocenters. The highest BCUT2D eigenvalue weighted by Gasteiger charge is 2.19. The van der Waals surface area contributed by atoms with Crippen molar-refractivity contribution in [2.45, 2.75) is 19.7 Å². The van der Waals surface area contributed by atoms with Gasteiger partial charge in [-0.3, -0.25) is 9.36 Å². The number of carbonyl (C=O) groups excluding carboxylic acids is 1. The van der Waals surface area contributed by atoms with Crippen LogP contribution < -0.4 is 11.1 Å². The van der Waals surface area contributed by atoms with Gasteiger partial charge in [0.15, 0.2) is 11.5 Å². The molecule has 3 N–H and O–H groups in total. The second kappa shape index (κ2) is 9.37. The lowest BCUT2D eigenvalue weighted by Gasteiger charge is -2.11. The molecule has 0 spiro atoms. The molecule has 0 bridgehead atoms. The first-order chi connectivity index (χ1) is 14.6. The maximum atomic E-state index is 12.1. The van der Waals surface area contributed by atoms with Crippen molar-refractivity contribution in [3.63, 3.8) is 0 Å². The van der Waals surface area contributed by atoms with E-state index in [0.717, 1.165) is 11.3 Å². The molecular weight excluding hydrogens is 400 g/mol. The summed E-state index contributed by atoms with van der Waals surface area (Å²) in [5.74, 6) is 1.12. The minimum Gasteiger partial charge on any atom is -0.383 e. The van der Waals surface area contributed by atoms with Crippen LogP contribution in [0.15, 0.2) is 54.7 Å². The number of imidazole rings is 1. The summed E-state index contributed by atoms with van der Waals surface area (Å²) in [7, 11) is 1.57. The first-order valence-electron chi connectivity index (χ1n) is 9.60. The Morgan fingerprint density at radius 3 is 2.47 bits per heavy atom. The van der Waals surface area contributed by atoms with Crippen LogP contribution in [0, 0.1) is 0 Å². The van der Waals surface area contributed by atoms with E-state index in [1.807, 2.05) is 48.7 Å². The van der Waals surface area contributed by atoms with E-state index < -0.39 is 0 Å². The van der Waals surface area contributed by atoms with Crippen LogP contribution in [0.25, 0.3) is 28.2 Å². The van der Waals surface area contributed by atoms with Gasteiger partial charge in [-0.25, -0.2) is 15.0 Å². The highest BCUT2D eigenvalue weighted by atomic mass is 35.5. The summed E-state index contributed by atoms with van der Waals surface area (Å²) in [6, 6.07) is 14.8. The molecule has 0 fully saturated rings. The van der Waals surface area contributed by atoms with Gasteiger partial charge in [0, 0.05) is 24.8 Å². The normalized spacial score (nSPS) is 10.4. The zero-order valence-electron chi connectivity index (χ0n) is 17.1. The molecule has 0 unspecified atom stereocenters. The fraction of sp³-hybridized carbons (Fsp3) is 0.182. The Bertz CT molecular complexity index is 1170. The summed E-state index contributed by atoms with van der Waals surface area (Å²) < 4.78 is 1.87. The Hall–Kier alpha value is -3.45. The van der Waals surface area contributed by atoms with Crippen LogP contribution in [0.3, 0.4) is 0 Å². The number of halogens is 1. The van der Waals surface area contributed by atoms with Crippen molar-refractivity contribution in [2.24, 2.45) is 0 Å². The molecule has 0 saturated heterocycles. The standard InChI is InChI=1S/C20H17ClN6O.C2H6/c1-23-20(28)16-9-8-15-19(26-16)27(13-6-4-12(11-21)5-7-13)18(25-15)14-3-2-10-24-17(14)22;1-2/h2-10H,11H2,1H3,(H2,22,24)(H,23,28);1-2H3. The molecule has 3 aromatic heterocycles. The van der Waals surface area contributed by atoms with Crippen LogP contribution in [0.2, 0.25) is 0 Å². The number of amides is 1. The molecule has 8 heteroatoms. The van der Waals surface area contributed by atoms with Crippen molar-refractivity contribution < 1.29 is 4.79 Å². The molecule has 0 aliphatic carbocycles. The molecule has 3 heterocycles. The lowest BCUT2D eigenvalue weighted by atomic mass is 10.2. The highest BCUT2D eigenvalue weighted by Crippen LogP contribution is 2.30. The van der Waals surface area contributed by atoms with Crippen LogP contribution in [-0.4, -0.2) is 32.5 Å². The molecule has 4 aromatic rings. The van der Waals surface area contributed by atoms with Crippen molar-refractivity contribution >= 4 is 34.5 Å². The van der Waals surface area contributed by atoms with Gasteiger partial charge in [-0.1, -0.05) is 26.0 Å².